The minimum absolute atomic E-state index is 0.319. The number of aliphatic imine (C=N–C) groups is 1. The summed E-state index contributed by atoms with van der Waals surface area (Å²) < 4.78 is 36.8. The molecule has 1 fully saturated rings. The lowest BCUT2D eigenvalue weighted by atomic mass is 9.95. The van der Waals surface area contributed by atoms with Crippen LogP contribution in [0.3, 0.4) is 0 Å². The van der Waals surface area contributed by atoms with Gasteiger partial charge in [-0.1, -0.05) is 13.3 Å². The number of nitrogens with one attached hydrogen (secondary N) is 2. The quantitative estimate of drug-likeness (QED) is 0.545. The van der Waals surface area contributed by atoms with Crippen molar-refractivity contribution in [3.8, 4) is 0 Å². The van der Waals surface area contributed by atoms with Crippen LogP contribution in [0.2, 0.25) is 0 Å². The van der Waals surface area contributed by atoms with Crippen molar-refractivity contribution in [2.24, 2.45) is 4.99 Å². The van der Waals surface area contributed by atoms with E-state index >= 15 is 0 Å². The molecule has 1 aliphatic carbocycles. The Hall–Kier alpha value is -0.630. The molecule has 8 heteroatoms. The van der Waals surface area contributed by atoms with Gasteiger partial charge in [-0.2, -0.15) is 24.9 Å². The second kappa shape index (κ2) is 10.3. The van der Waals surface area contributed by atoms with Crippen molar-refractivity contribution >= 4 is 17.7 Å². The maximum absolute atomic E-state index is 12.3. The molecule has 0 aromatic heterocycles. The molecule has 0 aromatic rings. The van der Waals surface area contributed by atoms with Gasteiger partial charge < -0.3 is 10.6 Å². The predicted octanol–water partition coefficient (Wildman–Crippen LogP) is 2.71. The molecule has 136 valence electrons. The number of hydrogen-bond acceptors (Lipinski definition) is 3. The Morgan fingerprint density at radius 3 is 2.70 bits per heavy atom. The van der Waals surface area contributed by atoms with E-state index in [4.69, 9.17) is 0 Å². The van der Waals surface area contributed by atoms with Crippen molar-refractivity contribution in [1.29, 1.82) is 0 Å². The van der Waals surface area contributed by atoms with E-state index in [0.717, 1.165) is 18.6 Å². The normalized spacial score (nSPS) is 23.2. The molecule has 2 atom stereocenters. The van der Waals surface area contributed by atoms with Gasteiger partial charge in [0.1, 0.15) is 0 Å². The minimum atomic E-state index is -4.15. The van der Waals surface area contributed by atoms with Gasteiger partial charge in [-0.25, -0.2) is 0 Å². The second-order valence-electron chi connectivity index (χ2n) is 5.94. The zero-order chi connectivity index (χ0) is 17.3. The fourth-order valence-electron chi connectivity index (χ4n) is 2.80. The highest BCUT2D eigenvalue weighted by Gasteiger charge is 2.29. The first-order valence-corrected chi connectivity index (χ1v) is 9.23. The Kier molecular flexibility index (Phi) is 9.12. The maximum Gasteiger partial charge on any atom is 0.401 e. The van der Waals surface area contributed by atoms with E-state index in [1.165, 1.54) is 24.8 Å². The third kappa shape index (κ3) is 9.30. The van der Waals surface area contributed by atoms with E-state index in [1.807, 2.05) is 11.8 Å². The molecule has 0 aromatic carbocycles. The standard InChI is InChI=1S/C15H29F3N4S/c1-4-23-13-7-5-6-12(10-13)21-14(19-2)20-8-9-22(3)11-15(16,17)18/h12-13H,4-11H2,1-3H3,(H2,19,20,21). The van der Waals surface area contributed by atoms with Gasteiger partial charge in [0.2, 0.25) is 0 Å². The average Bonchev–Trinajstić information content (AvgIpc) is 2.45. The van der Waals surface area contributed by atoms with Crippen LogP contribution in [-0.4, -0.2) is 67.8 Å². The molecule has 0 amide bonds. The molecule has 0 bridgehead atoms. The van der Waals surface area contributed by atoms with Gasteiger partial charge in [-0.05, 0) is 32.1 Å². The Balaban J connectivity index is 2.29. The molecule has 1 saturated carbocycles. The molecule has 2 N–H and O–H groups in total. The summed E-state index contributed by atoms with van der Waals surface area (Å²) >= 11 is 2.00. The first-order chi connectivity index (χ1) is 10.8. The largest absolute Gasteiger partial charge is 0.401 e. The first kappa shape index (κ1) is 20.4. The highest BCUT2D eigenvalue weighted by atomic mass is 32.2. The third-order valence-corrected chi connectivity index (χ3v) is 5.06. The monoisotopic (exact) mass is 354 g/mol. The molecule has 0 aliphatic heterocycles. The summed E-state index contributed by atoms with van der Waals surface area (Å²) in [5.74, 6) is 1.81. The van der Waals surface area contributed by atoms with Crippen LogP contribution in [0, 0.1) is 0 Å². The molecule has 0 radical (unpaired) electrons. The van der Waals surface area contributed by atoms with E-state index < -0.39 is 12.7 Å². The predicted molar refractivity (Wildman–Crippen MR) is 92.2 cm³/mol. The number of nitrogens with zero attached hydrogens (tertiary/aromatic N) is 2. The number of rotatable bonds is 7. The van der Waals surface area contributed by atoms with Crippen LogP contribution in [0.15, 0.2) is 4.99 Å². The molecular weight excluding hydrogens is 325 g/mol. The van der Waals surface area contributed by atoms with Crippen molar-refractivity contribution in [2.75, 3.05) is 39.5 Å². The van der Waals surface area contributed by atoms with E-state index in [0.29, 0.717) is 30.3 Å². The van der Waals surface area contributed by atoms with Gasteiger partial charge in [0.25, 0.3) is 0 Å². The molecule has 1 aliphatic rings. The lowest BCUT2D eigenvalue weighted by Gasteiger charge is -2.30. The van der Waals surface area contributed by atoms with Crippen molar-refractivity contribution in [3.63, 3.8) is 0 Å². The average molecular weight is 354 g/mol. The van der Waals surface area contributed by atoms with Crippen LogP contribution in [0.25, 0.3) is 0 Å². The van der Waals surface area contributed by atoms with Crippen LogP contribution < -0.4 is 10.6 Å². The SMILES string of the molecule is CCSC1CCCC(NC(=NC)NCCN(C)CC(F)(F)F)C1. The molecule has 1 rings (SSSR count). The number of alkyl halides is 3. The van der Waals surface area contributed by atoms with Crippen LogP contribution in [0.4, 0.5) is 13.2 Å². The highest BCUT2D eigenvalue weighted by Crippen LogP contribution is 2.28. The summed E-state index contributed by atoms with van der Waals surface area (Å²) in [5.41, 5.74) is 0. The van der Waals surface area contributed by atoms with E-state index in [9.17, 15) is 13.2 Å². The van der Waals surface area contributed by atoms with Crippen molar-refractivity contribution in [3.05, 3.63) is 0 Å². The topological polar surface area (TPSA) is 39.7 Å². The minimum Gasteiger partial charge on any atom is -0.355 e. The number of halogens is 3. The first-order valence-electron chi connectivity index (χ1n) is 8.18. The fraction of sp³-hybridized carbons (Fsp3) is 0.933. The highest BCUT2D eigenvalue weighted by molar-refractivity contribution is 7.99. The van der Waals surface area contributed by atoms with Gasteiger partial charge in [-0.15, -0.1) is 0 Å². The van der Waals surface area contributed by atoms with Crippen molar-refractivity contribution in [1.82, 2.24) is 15.5 Å². The third-order valence-electron chi connectivity index (χ3n) is 3.83. The van der Waals surface area contributed by atoms with Crippen molar-refractivity contribution in [2.45, 2.75) is 50.1 Å². The second-order valence-corrected chi connectivity index (χ2v) is 7.51. The number of likely N-dealkylation sites (N-methyl/N-ethyl adjacent to an activating group) is 1. The van der Waals surface area contributed by atoms with E-state index in [1.54, 1.807) is 7.05 Å². The van der Waals surface area contributed by atoms with Crippen LogP contribution in [0.5, 0.6) is 0 Å². The Labute approximate surface area is 141 Å². The fourth-order valence-corrected chi connectivity index (χ4v) is 3.97. The number of guanidine groups is 1. The summed E-state index contributed by atoms with van der Waals surface area (Å²) in [6.45, 7) is 2.05. The molecule has 2 unspecified atom stereocenters. The zero-order valence-electron chi connectivity index (χ0n) is 14.2. The van der Waals surface area contributed by atoms with Gasteiger partial charge in [0.15, 0.2) is 5.96 Å². The molecule has 0 saturated heterocycles. The van der Waals surface area contributed by atoms with Gasteiger partial charge >= 0.3 is 6.18 Å². The Morgan fingerprint density at radius 2 is 2.09 bits per heavy atom. The zero-order valence-corrected chi connectivity index (χ0v) is 15.1. The van der Waals surface area contributed by atoms with Gasteiger partial charge in [0.05, 0.1) is 6.54 Å². The van der Waals surface area contributed by atoms with Gasteiger partial charge in [0, 0.05) is 31.4 Å². The molecular formula is C15H29F3N4S. The number of thioether (sulfide) groups is 1. The van der Waals surface area contributed by atoms with Crippen LogP contribution in [-0.2, 0) is 0 Å². The lowest BCUT2D eigenvalue weighted by molar-refractivity contribution is -0.142. The van der Waals surface area contributed by atoms with Crippen molar-refractivity contribution < 1.29 is 13.2 Å². The Bertz CT molecular complexity index is 361. The van der Waals surface area contributed by atoms with Crippen LogP contribution in [0.1, 0.15) is 32.6 Å². The van der Waals surface area contributed by atoms with Gasteiger partial charge in [-0.3, -0.25) is 9.89 Å². The summed E-state index contributed by atoms with van der Waals surface area (Å²) in [6, 6.07) is 0.395. The number of hydrogen-bond donors (Lipinski definition) is 2. The van der Waals surface area contributed by atoms with Crippen LogP contribution >= 0.6 is 11.8 Å². The summed E-state index contributed by atoms with van der Waals surface area (Å²) in [5, 5.41) is 7.20. The summed E-state index contributed by atoms with van der Waals surface area (Å²) in [6.07, 6.45) is 0.566. The maximum atomic E-state index is 12.3. The lowest BCUT2D eigenvalue weighted by Crippen LogP contribution is -2.47. The summed E-state index contributed by atoms with van der Waals surface area (Å²) in [4.78, 5) is 5.43. The molecule has 0 spiro atoms. The smallest absolute Gasteiger partial charge is 0.355 e. The summed E-state index contributed by atoms with van der Waals surface area (Å²) in [7, 11) is 3.16. The molecule has 23 heavy (non-hydrogen) atoms. The van der Waals surface area contributed by atoms with E-state index in [2.05, 4.69) is 22.5 Å². The molecule has 0 heterocycles. The molecule has 4 nitrogen and oxygen atoms in total. The Morgan fingerprint density at radius 1 is 1.35 bits per heavy atom. The van der Waals surface area contributed by atoms with E-state index in [-0.39, 0.29) is 0 Å².